The first-order valence-corrected chi connectivity index (χ1v) is 6.13. The Morgan fingerprint density at radius 2 is 1.94 bits per heavy atom. The van der Waals surface area contributed by atoms with Crippen LogP contribution in [0.15, 0.2) is 0 Å². The number of carboxylic acids is 1. The highest BCUT2D eigenvalue weighted by Gasteiger charge is 2.39. The molecule has 1 unspecified atom stereocenters. The van der Waals surface area contributed by atoms with Gasteiger partial charge >= 0.3 is 5.97 Å². The van der Waals surface area contributed by atoms with Crippen molar-refractivity contribution in [3.8, 4) is 0 Å². The van der Waals surface area contributed by atoms with E-state index < -0.39 is 11.5 Å². The maximum Gasteiger partial charge on any atom is 0.323 e. The minimum Gasteiger partial charge on any atom is -0.480 e. The summed E-state index contributed by atoms with van der Waals surface area (Å²) >= 11 is 0. The van der Waals surface area contributed by atoms with Crippen LogP contribution >= 0.6 is 0 Å². The van der Waals surface area contributed by atoms with Crippen LogP contribution in [-0.4, -0.2) is 48.2 Å². The summed E-state index contributed by atoms with van der Waals surface area (Å²) in [5.41, 5.74) is -0.664. The van der Waals surface area contributed by atoms with Gasteiger partial charge in [0.05, 0.1) is 0 Å². The lowest BCUT2D eigenvalue weighted by atomic mass is 9.81. The van der Waals surface area contributed by atoms with Crippen molar-refractivity contribution < 1.29 is 9.90 Å². The lowest BCUT2D eigenvalue weighted by molar-refractivity contribution is -0.146. The molecule has 0 aromatic rings. The predicted molar refractivity (Wildman–Crippen MR) is 64.6 cm³/mol. The van der Waals surface area contributed by atoms with Crippen LogP contribution < -0.4 is 5.32 Å². The lowest BCUT2D eigenvalue weighted by Gasteiger charge is -2.36. The Kier molecular flexibility index (Phi) is 4.74. The first-order chi connectivity index (χ1) is 7.48. The quantitative estimate of drug-likeness (QED) is 0.745. The van der Waals surface area contributed by atoms with E-state index in [0.717, 1.165) is 32.2 Å². The summed E-state index contributed by atoms with van der Waals surface area (Å²) in [4.78, 5) is 13.5. The SMILES string of the molecule is CC(CNC1(C(=O)O)CCCCC1)N(C)C. The van der Waals surface area contributed by atoms with Crippen molar-refractivity contribution in [1.82, 2.24) is 10.2 Å². The number of carbonyl (C=O) groups is 1. The highest BCUT2D eigenvalue weighted by atomic mass is 16.4. The van der Waals surface area contributed by atoms with Crippen LogP contribution in [0.3, 0.4) is 0 Å². The van der Waals surface area contributed by atoms with Crippen LogP contribution in [0.4, 0.5) is 0 Å². The summed E-state index contributed by atoms with van der Waals surface area (Å²) in [6, 6.07) is 0.359. The van der Waals surface area contributed by atoms with Crippen LogP contribution in [0.1, 0.15) is 39.0 Å². The van der Waals surface area contributed by atoms with E-state index in [9.17, 15) is 9.90 Å². The molecule has 94 valence electrons. The molecule has 0 aliphatic heterocycles. The second-order valence-corrected chi connectivity index (χ2v) is 5.14. The number of likely N-dealkylation sites (N-methyl/N-ethyl adjacent to an activating group) is 1. The zero-order chi connectivity index (χ0) is 12.2. The molecule has 1 fully saturated rings. The van der Waals surface area contributed by atoms with Crippen molar-refractivity contribution >= 4 is 5.97 Å². The van der Waals surface area contributed by atoms with Gasteiger partial charge in [-0.1, -0.05) is 19.3 Å². The van der Waals surface area contributed by atoms with E-state index in [0.29, 0.717) is 6.04 Å². The topological polar surface area (TPSA) is 52.6 Å². The van der Waals surface area contributed by atoms with E-state index in [2.05, 4.69) is 17.1 Å². The molecule has 0 spiro atoms. The normalized spacial score (nSPS) is 22.0. The summed E-state index contributed by atoms with van der Waals surface area (Å²) in [5, 5.41) is 12.6. The predicted octanol–water partition coefficient (Wildman–Crippen LogP) is 1.31. The van der Waals surface area contributed by atoms with Crippen LogP contribution in [-0.2, 0) is 4.79 Å². The van der Waals surface area contributed by atoms with Crippen molar-refractivity contribution in [3.05, 3.63) is 0 Å². The zero-order valence-corrected chi connectivity index (χ0v) is 10.6. The summed E-state index contributed by atoms with van der Waals surface area (Å²) in [7, 11) is 4.03. The smallest absolute Gasteiger partial charge is 0.323 e. The molecular weight excluding hydrogens is 204 g/mol. The van der Waals surface area contributed by atoms with Crippen molar-refractivity contribution in [2.24, 2.45) is 0 Å². The summed E-state index contributed by atoms with van der Waals surface area (Å²) in [5.74, 6) is -0.682. The van der Waals surface area contributed by atoms with Gasteiger partial charge < -0.3 is 15.3 Å². The van der Waals surface area contributed by atoms with Crippen LogP contribution in [0, 0.1) is 0 Å². The second-order valence-electron chi connectivity index (χ2n) is 5.14. The first-order valence-electron chi connectivity index (χ1n) is 6.13. The fourth-order valence-corrected chi connectivity index (χ4v) is 2.15. The maximum absolute atomic E-state index is 11.4. The molecule has 1 saturated carbocycles. The van der Waals surface area contributed by atoms with E-state index in [4.69, 9.17) is 0 Å². The maximum atomic E-state index is 11.4. The molecule has 0 bridgehead atoms. The molecule has 0 aromatic heterocycles. The molecule has 16 heavy (non-hydrogen) atoms. The van der Waals surface area contributed by atoms with E-state index >= 15 is 0 Å². The Bertz CT molecular complexity index is 235. The number of nitrogens with one attached hydrogen (secondary N) is 1. The molecule has 0 heterocycles. The van der Waals surface area contributed by atoms with Crippen LogP contribution in [0.2, 0.25) is 0 Å². The Morgan fingerprint density at radius 3 is 2.38 bits per heavy atom. The third-order valence-electron chi connectivity index (χ3n) is 3.73. The van der Waals surface area contributed by atoms with Gasteiger partial charge in [-0.25, -0.2) is 0 Å². The van der Waals surface area contributed by atoms with E-state index in [-0.39, 0.29) is 0 Å². The monoisotopic (exact) mass is 228 g/mol. The van der Waals surface area contributed by atoms with Crippen LogP contribution in [0.5, 0.6) is 0 Å². The number of carboxylic acid groups (broad SMARTS) is 1. The Labute approximate surface area is 98.0 Å². The fourth-order valence-electron chi connectivity index (χ4n) is 2.15. The minimum absolute atomic E-state index is 0.359. The molecule has 0 amide bonds. The molecule has 1 aliphatic carbocycles. The molecule has 1 atom stereocenters. The van der Waals surface area contributed by atoms with Crippen molar-refractivity contribution in [1.29, 1.82) is 0 Å². The molecule has 4 nitrogen and oxygen atoms in total. The van der Waals surface area contributed by atoms with Crippen molar-refractivity contribution in [3.63, 3.8) is 0 Å². The van der Waals surface area contributed by atoms with Gasteiger partial charge in [0.2, 0.25) is 0 Å². The molecular formula is C12H24N2O2. The first kappa shape index (κ1) is 13.5. The average molecular weight is 228 g/mol. The molecule has 1 aliphatic rings. The van der Waals surface area contributed by atoms with E-state index in [1.54, 1.807) is 0 Å². The molecule has 0 saturated heterocycles. The number of aliphatic carboxylic acids is 1. The minimum atomic E-state index is -0.682. The molecule has 0 radical (unpaired) electrons. The Balaban J connectivity index is 2.54. The average Bonchev–Trinajstić information content (AvgIpc) is 2.26. The standard InChI is InChI=1S/C12H24N2O2/c1-10(14(2)3)9-13-12(11(15)16)7-5-4-6-8-12/h10,13H,4-9H2,1-3H3,(H,15,16). The highest BCUT2D eigenvalue weighted by molar-refractivity contribution is 5.78. The summed E-state index contributed by atoms with van der Waals surface area (Å²) in [6.07, 6.45) is 4.75. The second kappa shape index (κ2) is 5.64. The molecule has 4 heteroatoms. The zero-order valence-electron chi connectivity index (χ0n) is 10.6. The van der Waals surface area contributed by atoms with Crippen molar-refractivity contribution in [2.75, 3.05) is 20.6 Å². The number of nitrogens with zero attached hydrogens (tertiary/aromatic N) is 1. The van der Waals surface area contributed by atoms with Gasteiger partial charge in [0, 0.05) is 12.6 Å². The summed E-state index contributed by atoms with van der Waals surface area (Å²) < 4.78 is 0. The third kappa shape index (κ3) is 3.19. The molecule has 1 rings (SSSR count). The number of rotatable bonds is 5. The van der Waals surface area contributed by atoms with E-state index in [1.165, 1.54) is 6.42 Å². The van der Waals surface area contributed by atoms with Gasteiger partial charge in [0.1, 0.15) is 5.54 Å². The van der Waals surface area contributed by atoms with Gasteiger partial charge in [0.25, 0.3) is 0 Å². The largest absolute Gasteiger partial charge is 0.480 e. The van der Waals surface area contributed by atoms with Gasteiger partial charge in [-0.15, -0.1) is 0 Å². The summed E-state index contributed by atoms with van der Waals surface area (Å²) in [6.45, 7) is 2.84. The number of hydrogen-bond acceptors (Lipinski definition) is 3. The van der Waals surface area contributed by atoms with E-state index in [1.807, 2.05) is 14.1 Å². The third-order valence-corrected chi connectivity index (χ3v) is 3.73. The number of hydrogen-bond donors (Lipinski definition) is 2. The highest BCUT2D eigenvalue weighted by Crippen LogP contribution is 2.28. The van der Waals surface area contributed by atoms with Crippen LogP contribution in [0.25, 0.3) is 0 Å². The fraction of sp³-hybridized carbons (Fsp3) is 0.917. The Hall–Kier alpha value is -0.610. The van der Waals surface area contributed by atoms with Gasteiger partial charge in [-0.2, -0.15) is 0 Å². The van der Waals surface area contributed by atoms with Gasteiger partial charge in [-0.3, -0.25) is 4.79 Å². The van der Waals surface area contributed by atoms with Gasteiger partial charge in [0.15, 0.2) is 0 Å². The van der Waals surface area contributed by atoms with Crippen molar-refractivity contribution in [2.45, 2.75) is 50.6 Å². The van der Waals surface area contributed by atoms with Gasteiger partial charge in [-0.05, 0) is 33.9 Å². The molecule has 0 aromatic carbocycles. The lowest BCUT2D eigenvalue weighted by Crippen LogP contribution is -2.56. The molecule has 2 N–H and O–H groups in total. The Morgan fingerprint density at radius 1 is 1.38 bits per heavy atom.